The molecule has 0 aromatic carbocycles. The molecule has 49 heavy (non-hydrogen) atoms. The van der Waals surface area contributed by atoms with Gasteiger partial charge in [0.25, 0.3) is 11.3 Å². The van der Waals surface area contributed by atoms with Crippen molar-refractivity contribution < 1.29 is 41.6 Å². The summed E-state index contributed by atoms with van der Waals surface area (Å²) in [4.78, 5) is 34.4. The van der Waals surface area contributed by atoms with Crippen molar-refractivity contribution in [3.8, 4) is 11.8 Å². The van der Waals surface area contributed by atoms with Gasteiger partial charge in [-0.1, -0.05) is 49.2 Å². The van der Waals surface area contributed by atoms with Gasteiger partial charge in [-0.05, 0) is 12.1 Å². The van der Waals surface area contributed by atoms with E-state index in [1.807, 2.05) is 0 Å². The maximum atomic E-state index is 12.8. The number of hydrogen-bond donors (Lipinski definition) is 0. The molecule has 6 aromatic heterocycles. The van der Waals surface area contributed by atoms with Crippen molar-refractivity contribution in [3.05, 3.63) is 91.3 Å². The average Bonchev–Trinajstić information content (AvgIpc) is 3.82. The summed E-state index contributed by atoms with van der Waals surface area (Å²) >= 11 is 14.2. The highest BCUT2D eigenvalue weighted by Crippen LogP contribution is 2.22. The van der Waals surface area contributed by atoms with Crippen LogP contribution in [0.3, 0.4) is 0 Å². The summed E-state index contributed by atoms with van der Waals surface area (Å²) in [5.74, 6) is -2.68. The maximum Gasteiger partial charge on any atom is 0.286 e. The molecule has 0 spiro atoms. The third-order valence-electron chi connectivity index (χ3n) is 7.22. The summed E-state index contributed by atoms with van der Waals surface area (Å²) < 4.78 is 41.9. The molecule has 258 valence electrons. The highest BCUT2D eigenvalue weighted by atomic mass is 35.5. The second-order valence-electron chi connectivity index (χ2n) is 10.4. The number of hydrogen-bond acceptors (Lipinski definition) is 11. The number of Topliss-reactive ketones (excluding diaryl/α,β-unsaturated/α-hetero) is 2. The number of thiazole rings is 2. The van der Waals surface area contributed by atoms with E-state index >= 15 is 0 Å². The van der Waals surface area contributed by atoms with Crippen LogP contribution in [0.5, 0.6) is 11.8 Å². The number of rotatable bonds is 12. The van der Waals surface area contributed by atoms with Crippen molar-refractivity contribution >= 4 is 89.4 Å². The number of ketones is 2. The molecule has 0 amide bonds. The molecule has 19 heteroatoms. The first-order valence-corrected chi connectivity index (χ1v) is 20.2. The highest BCUT2D eigenvalue weighted by Gasteiger charge is 2.29. The zero-order chi connectivity index (χ0) is 35.5. The van der Waals surface area contributed by atoms with Crippen molar-refractivity contribution in [3.63, 3.8) is 0 Å². The molecule has 0 fully saturated rings. The summed E-state index contributed by atoms with van der Waals surface area (Å²) in [7, 11) is -4.81. The third kappa shape index (κ3) is 8.19. The van der Waals surface area contributed by atoms with Gasteiger partial charge >= 0.3 is 0 Å². The first-order chi connectivity index (χ1) is 23.3. The van der Waals surface area contributed by atoms with E-state index in [0.717, 1.165) is 9.75 Å². The van der Waals surface area contributed by atoms with Crippen LogP contribution in [-0.2, 0) is 33.7 Å². The smallest absolute Gasteiger partial charge is 0.286 e. The number of pyridine rings is 2. The van der Waals surface area contributed by atoms with E-state index in [2.05, 4.69) is 9.97 Å². The van der Waals surface area contributed by atoms with Crippen LogP contribution in [0, 0.1) is 0 Å². The number of halogens is 2. The molecule has 0 bridgehead atoms. The normalized spacial score (nSPS) is 12.2. The van der Waals surface area contributed by atoms with Gasteiger partial charge in [0.1, 0.15) is 30.6 Å². The second kappa shape index (κ2) is 15.4. The lowest BCUT2D eigenvalue weighted by molar-refractivity contribution is -0.704. The first kappa shape index (κ1) is 36.5. The van der Waals surface area contributed by atoms with Crippen LogP contribution in [-0.4, -0.2) is 66.0 Å². The van der Waals surface area contributed by atoms with Crippen molar-refractivity contribution in [1.82, 2.24) is 18.8 Å². The van der Waals surface area contributed by atoms with Crippen LogP contribution in [0.1, 0.15) is 44.6 Å². The van der Waals surface area contributed by atoms with E-state index in [9.17, 15) is 32.4 Å². The van der Waals surface area contributed by atoms with Crippen molar-refractivity contribution in [2.75, 3.05) is 23.0 Å². The minimum Gasteiger partial charge on any atom is -0.839 e. The minimum atomic E-state index is -3.53. The molecule has 0 aliphatic rings. The van der Waals surface area contributed by atoms with Crippen molar-refractivity contribution in [1.29, 1.82) is 0 Å². The Morgan fingerprint density at radius 1 is 0.837 bits per heavy atom. The monoisotopic (exact) mass is 782 g/mol. The van der Waals surface area contributed by atoms with E-state index in [1.54, 1.807) is 72.5 Å². The largest absolute Gasteiger partial charge is 0.839 e. The lowest BCUT2D eigenvalue weighted by atomic mass is 10.3. The molecule has 0 radical (unpaired) electrons. The Kier molecular flexibility index (Phi) is 11.5. The van der Waals surface area contributed by atoms with Crippen LogP contribution in [0.15, 0.2) is 61.2 Å². The number of carbonyl (C=O) groups excluding carboxylic acids is 2. The van der Waals surface area contributed by atoms with Gasteiger partial charge in [0.2, 0.25) is 23.0 Å². The molecule has 6 aromatic rings. The fraction of sp³-hybridized carbons (Fsp3) is 0.267. The number of fused-ring (bicyclic) bond motifs is 2. The molecule has 13 nitrogen and oxygen atoms in total. The second-order valence-corrected chi connectivity index (χ2v) is 17.9. The predicted molar refractivity (Wildman–Crippen MR) is 183 cm³/mol. The SMILES string of the molecule is CCS(=O)(=O)CC(=O)c1c([O-])[n+](Cc2cnc(Cl)s2)c2ccccn12.CCS(=O)CC(=O)c1c([O-])[n+](Cc2cnc(Cl)s2)c2ccccn12. The average molecular weight is 784 g/mol. The molecule has 1 atom stereocenters. The van der Waals surface area contributed by atoms with E-state index in [4.69, 9.17) is 23.2 Å². The van der Waals surface area contributed by atoms with Crippen LogP contribution in [0.2, 0.25) is 8.93 Å². The number of imidazole rings is 2. The minimum absolute atomic E-state index is 0.0306. The summed E-state index contributed by atoms with van der Waals surface area (Å²) in [6, 6.07) is 10.4. The summed E-state index contributed by atoms with van der Waals surface area (Å²) in [5, 5.41) is 25.6. The number of nitrogens with zero attached hydrogens (tertiary/aromatic N) is 6. The molecule has 0 saturated carbocycles. The molecular formula is C30H28Cl2N6O7S4. The third-order valence-corrected chi connectivity index (χ3v) is 12.2. The van der Waals surface area contributed by atoms with Gasteiger partial charge < -0.3 is 10.2 Å². The quantitative estimate of drug-likeness (QED) is 0.134. The molecule has 0 aliphatic carbocycles. The molecule has 6 heterocycles. The van der Waals surface area contributed by atoms with Gasteiger partial charge in [-0.3, -0.25) is 13.8 Å². The Bertz CT molecular complexity index is 2310. The molecule has 0 aliphatic heterocycles. The fourth-order valence-corrected chi connectivity index (χ4v) is 8.19. The van der Waals surface area contributed by atoms with Gasteiger partial charge in [-0.25, -0.2) is 27.5 Å². The van der Waals surface area contributed by atoms with Crippen LogP contribution >= 0.6 is 45.9 Å². The number of carbonyl (C=O) groups is 2. The van der Waals surface area contributed by atoms with Crippen molar-refractivity contribution in [2.24, 2.45) is 0 Å². The Morgan fingerprint density at radius 2 is 1.31 bits per heavy atom. The fourth-order valence-electron chi connectivity index (χ4n) is 4.88. The molecule has 6 rings (SSSR count). The number of aromatic nitrogens is 6. The van der Waals surface area contributed by atoms with Crippen LogP contribution in [0.4, 0.5) is 0 Å². The molecule has 1 unspecified atom stereocenters. The van der Waals surface area contributed by atoms with E-state index in [1.165, 1.54) is 43.1 Å². The molecule has 0 N–H and O–H groups in total. The van der Waals surface area contributed by atoms with Crippen molar-refractivity contribution in [2.45, 2.75) is 26.9 Å². The lowest BCUT2D eigenvalue weighted by Gasteiger charge is -2.05. The van der Waals surface area contributed by atoms with Gasteiger partial charge in [-0.2, -0.15) is 8.80 Å². The predicted octanol–water partition coefficient (Wildman–Crippen LogP) is 2.49. The highest BCUT2D eigenvalue weighted by molar-refractivity contribution is 7.92. The number of sulfone groups is 1. The summed E-state index contributed by atoms with van der Waals surface area (Å²) in [5.41, 5.74) is 0.957. The van der Waals surface area contributed by atoms with E-state index in [0.29, 0.717) is 26.0 Å². The molecule has 0 saturated heterocycles. The van der Waals surface area contributed by atoms with Crippen LogP contribution < -0.4 is 19.3 Å². The Morgan fingerprint density at radius 3 is 1.71 bits per heavy atom. The first-order valence-electron chi connectivity index (χ1n) is 14.6. The van der Waals surface area contributed by atoms with Gasteiger partial charge in [0.15, 0.2) is 18.8 Å². The summed E-state index contributed by atoms with van der Waals surface area (Å²) in [6.07, 6.45) is 6.40. The zero-order valence-electron chi connectivity index (χ0n) is 25.9. The Hall–Kier alpha value is -3.74. The zero-order valence-corrected chi connectivity index (χ0v) is 30.7. The summed E-state index contributed by atoms with van der Waals surface area (Å²) in [6.45, 7) is 3.68. The Labute approximate surface area is 301 Å². The lowest BCUT2D eigenvalue weighted by Crippen LogP contribution is -2.36. The topological polar surface area (TPSA) is 174 Å². The Balaban J connectivity index is 0.000000191. The van der Waals surface area contributed by atoms with Gasteiger partial charge in [-0.15, -0.1) is 22.7 Å². The van der Waals surface area contributed by atoms with Gasteiger partial charge in [0, 0.05) is 46.8 Å². The van der Waals surface area contributed by atoms with E-state index < -0.39 is 49.7 Å². The molecular weight excluding hydrogens is 756 g/mol. The maximum absolute atomic E-state index is 12.8. The van der Waals surface area contributed by atoms with E-state index in [-0.39, 0.29) is 36.0 Å². The standard InChI is InChI=1S/C15H14ClN3O4S2.C15H14ClN3O3S2/c1-2-25(22,23)9-11(20)13-14(21)19(8-10-7-17-15(16)24-10)12-5-3-4-6-18(12)13;1-2-24(22)9-11(20)13-14(21)19(8-10-7-17-15(16)23-10)12-5-3-4-6-18(12)13/h3-7H,2,8-9H2,1H3;3-7H,2,8-9H2,1H3. The van der Waals surface area contributed by atoms with Crippen LogP contribution in [0.25, 0.3) is 11.3 Å². The van der Waals surface area contributed by atoms with Gasteiger partial charge in [0.05, 0.1) is 27.9 Å².